The minimum absolute atomic E-state index is 0.430. The van der Waals surface area contributed by atoms with Crippen molar-refractivity contribution in [2.24, 2.45) is 5.73 Å². The number of nitrogens with two attached hydrogens (primary N) is 1. The molecule has 1 aromatic carbocycles. The molecule has 2 rings (SSSR count). The van der Waals surface area contributed by atoms with E-state index in [0.29, 0.717) is 6.04 Å². The fraction of sp³-hybridized carbons (Fsp3) is 0.455. The van der Waals surface area contributed by atoms with Crippen molar-refractivity contribution in [3.05, 3.63) is 28.7 Å². The van der Waals surface area contributed by atoms with Crippen molar-refractivity contribution in [3.8, 4) is 0 Å². The molecule has 1 aliphatic carbocycles. The zero-order valence-electron chi connectivity index (χ0n) is 7.95. The van der Waals surface area contributed by atoms with E-state index in [0.717, 1.165) is 16.1 Å². The predicted molar refractivity (Wildman–Crippen MR) is 65.6 cm³/mol. The Hall–Kier alpha value is 0.01000. The maximum absolute atomic E-state index is 5.89. The van der Waals surface area contributed by atoms with E-state index in [4.69, 9.17) is 5.73 Å². The van der Waals surface area contributed by atoms with Crippen molar-refractivity contribution in [2.45, 2.75) is 35.4 Å². The number of benzene rings is 1. The van der Waals surface area contributed by atoms with Gasteiger partial charge in [-0.1, -0.05) is 22.0 Å². The maximum atomic E-state index is 5.89. The Morgan fingerprint density at radius 2 is 2.21 bits per heavy atom. The quantitative estimate of drug-likeness (QED) is 0.892. The summed E-state index contributed by atoms with van der Waals surface area (Å²) in [5, 5.41) is 0.722. The molecule has 0 bridgehead atoms. The molecule has 0 amide bonds. The Bertz CT molecular complexity index is 316. The van der Waals surface area contributed by atoms with Crippen LogP contribution in [0.25, 0.3) is 0 Å². The van der Waals surface area contributed by atoms with Crippen LogP contribution in [0.1, 0.15) is 19.3 Å². The Labute approximate surface area is 97.6 Å². The third-order valence-electron chi connectivity index (χ3n) is 2.52. The van der Waals surface area contributed by atoms with Crippen LogP contribution in [0.4, 0.5) is 0 Å². The van der Waals surface area contributed by atoms with E-state index < -0.39 is 0 Å². The van der Waals surface area contributed by atoms with Gasteiger partial charge in [-0.2, -0.15) is 0 Å². The van der Waals surface area contributed by atoms with E-state index in [1.807, 2.05) is 11.8 Å². The molecule has 1 fully saturated rings. The molecule has 2 N–H and O–H groups in total. The van der Waals surface area contributed by atoms with E-state index in [-0.39, 0.29) is 0 Å². The second kappa shape index (κ2) is 4.69. The number of halogens is 1. The van der Waals surface area contributed by atoms with Crippen LogP contribution < -0.4 is 5.73 Å². The fourth-order valence-electron chi connectivity index (χ4n) is 1.81. The van der Waals surface area contributed by atoms with E-state index >= 15 is 0 Å². The van der Waals surface area contributed by atoms with E-state index in [1.54, 1.807) is 0 Å². The summed E-state index contributed by atoms with van der Waals surface area (Å²) in [4.78, 5) is 1.35. The lowest BCUT2D eigenvalue weighted by Gasteiger charge is -2.08. The average molecular weight is 272 g/mol. The Kier molecular flexibility index (Phi) is 3.52. The van der Waals surface area contributed by atoms with Gasteiger partial charge in [-0.3, -0.25) is 0 Å². The molecule has 1 aromatic rings. The lowest BCUT2D eigenvalue weighted by Crippen LogP contribution is -2.15. The summed E-state index contributed by atoms with van der Waals surface area (Å²) in [6.07, 6.45) is 3.61. The minimum atomic E-state index is 0.430. The molecular weight excluding hydrogens is 258 g/mol. The van der Waals surface area contributed by atoms with Gasteiger partial charge in [-0.25, -0.2) is 0 Å². The third kappa shape index (κ3) is 2.75. The lowest BCUT2D eigenvalue weighted by molar-refractivity contribution is 0.706. The molecule has 0 aliphatic heterocycles. The second-order valence-corrected chi connectivity index (χ2v) is 6.06. The standard InChI is InChI=1S/C11H14BrNS/c12-8-2-1-3-10(6-8)14-11-5-4-9(13)7-11/h1-3,6,9,11H,4-5,7,13H2. The van der Waals surface area contributed by atoms with Crippen molar-refractivity contribution in [3.63, 3.8) is 0 Å². The highest BCUT2D eigenvalue weighted by Gasteiger charge is 2.22. The summed E-state index contributed by atoms with van der Waals surface area (Å²) >= 11 is 5.44. The highest BCUT2D eigenvalue weighted by atomic mass is 79.9. The number of hydrogen-bond acceptors (Lipinski definition) is 2. The van der Waals surface area contributed by atoms with Gasteiger partial charge in [0.25, 0.3) is 0 Å². The molecular formula is C11H14BrNS. The third-order valence-corrected chi connectivity index (χ3v) is 4.30. The molecule has 14 heavy (non-hydrogen) atoms. The Morgan fingerprint density at radius 1 is 1.36 bits per heavy atom. The first-order chi connectivity index (χ1) is 6.74. The highest BCUT2D eigenvalue weighted by molar-refractivity contribution is 9.10. The molecule has 76 valence electrons. The fourth-order valence-corrected chi connectivity index (χ4v) is 3.70. The van der Waals surface area contributed by atoms with Gasteiger partial charge in [0.1, 0.15) is 0 Å². The molecule has 1 nitrogen and oxygen atoms in total. The molecule has 0 spiro atoms. The van der Waals surface area contributed by atoms with Crippen molar-refractivity contribution >= 4 is 27.7 Å². The van der Waals surface area contributed by atoms with Crippen molar-refractivity contribution in [1.29, 1.82) is 0 Å². The first-order valence-corrected chi connectivity index (χ1v) is 6.59. The monoisotopic (exact) mass is 271 g/mol. The zero-order chi connectivity index (χ0) is 9.97. The van der Waals surface area contributed by atoms with Crippen LogP contribution in [0.3, 0.4) is 0 Å². The first-order valence-electron chi connectivity index (χ1n) is 4.92. The summed E-state index contributed by atoms with van der Waals surface area (Å²) in [6.45, 7) is 0. The summed E-state index contributed by atoms with van der Waals surface area (Å²) in [5.74, 6) is 0. The Balaban J connectivity index is 1.97. The lowest BCUT2D eigenvalue weighted by atomic mass is 10.3. The van der Waals surface area contributed by atoms with Crippen LogP contribution in [-0.4, -0.2) is 11.3 Å². The summed E-state index contributed by atoms with van der Waals surface area (Å²) in [6, 6.07) is 8.92. The molecule has 2 unspecified atom stereocenters. The minimum Gasteiger partial charge on any atom is -0.328 e. The van der Waals surface area contributed by atoms with Gasteiger partial charge in [0.05, 0.1) is 0 Å². The summed E-state index contributed by atoms with van der Waals surface area (Å²) in [5.41, 5.74) is 5.89. The van der Waals surface area contributed by atoms with Gasteiger partial charge in [0.15, 0.2) is 0 Å². The van der Waals surface area contributed by atoms with Crippen LogP contribution in [-0.2, 0) is 0 Å². The number of thioether (sulfide) groups is 1. The number of hydrogen-bond donors (Lipinski definition) is 1. The highest BCUT2D eigenvalue weighted by Crippen LogP contribution is 2.34. The van der Waals surface area contributed by atoms with Gasteiger partial charge in [-0.05, 0) is 37.5 Å². The average Bonchev–Trinajstić information content (AvgIpc) is 2.51. The summed E-state index contributed by atoms with van der Waals surface area (Å²) in [7, 11) is 0. The smallest absolute Gasteiger partial charge is 0.0186 e. The van der Waals surface area contributed by atoms with Gasteiger partial charge < -0.3 is 5.73 Å². The molecule has 3 heteroatoms. The van der Waals surface area contributed by atoms with Crippen molar-refractivity contribution in [2.75, 3.05) is 0 Å². The van der Waals surface area contributed by atoms with Crippen LogP contribution in [0.15, 0.2) is 33.6 Å². The van der Waals surface area contributed by atoms with E-state index in [9.17, 15) is 0 Å². The molecule has 0 aromatic heterocycles. The largest absolute Gasteiger partial charge is 0.328 e. The Morgan fingerprint density at radius 3 is 2.86 bits per heavy atom. The van der Waals surface area contributed by atoms with Crippen LogP contribution in [0.2, 0.25) is 0 Å². The van der Waals surface area contributed by atoms with Gasteiger partial charge in [0.2, 0.25) is 0 Å². The van der Waals surface area contributed by atoms with Crippen LogP contribution in [0, 0.1) is 0 Å². The van der Waals surface area contributed by atoms with Crippen molar-refractivity contribution < 1.29 is 0 Å². The molecule has 1 saturated carbocycles. The van der Waals surface area contributed by atoms with Crippen LogP contribution >= 0.6 is 27.7 Å². The number of rotatable bonds is 2. The second-order valence-electron chi connectivity index (χ2n) is 3.77. The van der Waals surface area contributed by atoms with E-state index in [2.05, 4.69) is 40.2 Å². The molecule has 0 heterocycles. The summed E-state index contributed by atoms with van der Waals surface area (Å²) < 4.78 is 1.16. The van der Waals surface area contributed by atoms with Crippen molar-refractivity contribution in [1.82, 2.24) is 0 Å². The van der Waals surface area contributed by atoms with Gasteiger partial charge >= 0.3 is 0 Å². The zero-order valence-corrected chi connectivity index (χ0v) is 10.4. The normalized spacial score (nSPS) is 26.7. The predicted octanol–water partition coefficient (Wildman–Crippen LogP) is 3.42. The van der Waals surface area contributed by atoms with Gasteiger partial charge in [0, 0.05) is 20.7 Å². The van der Waals surface area contributed by atoms with E-state index in [1.165, 1.54) is 17.7 Å². The molecule has 0 radical (unpaired) electrons. The van der Waals surface area contributed by atoms with Gasteiger partial charge in [-0.15, -0.1) is 11.8 Å². The topological polar surface area (TPSA) is 26.0 Å². The first kappa shape index (κ1) is 10.5. The molecule has 0 saturated heterocycles. The molecule has 1 aliphatic rings. The maximum Gasteiger partial charge on any atom is 0.0186 e. The van der Waals surface area contributed by atoms with Crippen LogP contribution in [0.5, 0.6) is 0 Å². The SMILES string of the molecule is NC1CCC(Sc2cccc(Br)c2)C1. The molecule has 2 atom stereocenters.